The molecule has 0 N–H and O–H groups in total. The van der Waals surface area contributed by atoms with Crippen molar-refractivity contribution < 1.29 is 4.52 Å². The molecule has 0 spiro atoms. The molecule has 1 aliphatic heterocycles. The topological polar surface area (TPSA) is 45.4 Å². The number of hydrogen-bond donors (Lipinski definition) is 0. The molecule has 0 amide bonds. The lowest BCUT2D eigenvalue weighted by Gasteiger charge is -2.35. The summed E-state index contributed by atoms with van der Waals surface area (Å²) in [6, 6.07) is 20.6. The van der Waals surface area contributed by atoms with E-state index in [9.17, 15) is 0 Å². The van der Waals surface area contributed by atoms with E-state index in [-0.39, 0.29) is 0 Å². The zero-order valence-corrected chi connectivity index (χ0v) is 17.1. The van der Waals surface area contributed by atoms with Crippen LogP contribution in [-0.2, 0) is 0 Å². The molecule has 0 radical (unpaired) electrons. The number of rotatable bonds is 3. The van der Waals surface area contributed by atoms with E-state index in [4.69, 9.17) is 27.7 Å². The molecular weight excluding hydrogens is 407 g/mol. The molecule has 0 unspecified atom stereocenters. The Morgan fingerprint density at radius 2 is 1.45 bits per heavy atom. The summed E-state index contributed by atoms with van der Waals surface area (Å²) in [4.78, 5) is 8.99. The fourth-order valence-corrected chi connectivity index (χ4v) is 4.18. The third kappa shape index (κ3) is 3.76. The SMILES string of the molecule is Clc1cc(Cl)cc(N2CCN(c3nc(-c4ccc5ccccc5c4)no3)CC2)c1. The second-order valence-corrected chi connectivity index (χ2v) is 7.94. The smallest absolute Gasteiger partial charge is 0.324 e. The van der Waals surface area contributed by atoms with Crippen LogP contribution >= 0.6 is 23.2 Å². The molecule has 5 nitrogen and oxygen atoms in total. The van der Waals surface area contributed by atoms with Crippen LogP contribution in [0, 0.1) is 0 Å². The second kappa shape index (κ2) is 7.58. The molecule has 1 aromatic heterocycles. The van der Waals surface area contributed by atoms with E-state index in [1.165, 1.54) is 5.39 Å². The number of piperazine rings is 1. The van der Waals surface area contributed by atoms with Gasteiger partial charge in [-0.1, -0.05) is 64.8 Å². The van der Waals surface area contributed by atoms with Crippen LogP contribution in [0.3, 0.4) is 0 Å². The van der Waals surface area contributed by atoms with Gasteiger partial charge in [-0.05, 0) is 35.0 Å². The molecule has 0 saturated carbocycles. The molecule has 29 heavy (non-hydrogen) atoms. The summed E-state index contributed by atoms with van der Waals surface area (Å²) in [5.41, 5.74) is 1.98. The van der Waals surface area contributed by atoms with Crippen LogP contribution in [0.5, 0.6) is 0 Å². The third-order valence-corrected chi connectivity index (χ3v) is 5.62. The monoisotopic (exact) mass is 424 g/mol. The highest BCUT2D eigenvalue weighted by atomic mass is 35.5. The highest BCUT2D eigenvalue weighted by Gasteiger charge is 2.22. The summed E-state index contributed by atoms with van der Waals surface area (Å²) in [6.07, 6.45) is 0. The molecule has 0 bridgehead atoms. The molecule has 5 rings (SSSR count). The number of fused-ring (bicyclic) bond motifs is 1. The molecule has 0 aliphatic carbocycles. The fraction of sp³-hybridized carbons (Fsp3) is 0.182. The quantitative estimate of drug-likeness (QED) is 0.432. The lowest BCUT2D eigenvalue weighted by Crippen LogP contribution is -2.46. The van der Waals surface area contributed by atoms with Crippen molar-refractivity contribution in [3.63, 3.8) is 0 Å². The lowest BCUT2D eigenvalue weighted by molar-refractivity contribution is 0.409. The normalized spacial score (nSPS) is 14.6. The van der Waals surface area contributed by atoms with Gasteiger partial charge in [0.05, 0.1) is 0 Å². The number of anilines is 2. The molecule has 7 heteroatoms. The van der Waals surface area contributed by atoms with Gasteiger partial charge in [-0.3, -0.25) is 0 Å². The minimum Gasteiger partial charge on any atom is -0.368 e. The van der Waals surface area contributed by atoms with Crippen LogP contribution < -0.4 is 9.80 Å². The maximum absolute atomic E-state index is 6.14. The van der Waals surface area contributed by atoms with E-state index in [1.54, 1.807) is 6.07 Å². The number of benzene rings is 3. The molecule has 1 saturated heterocycles. The fourth-order valence-electron chi connectivity index (χ4n) is 3.67. The first kappa shape index (κ1) is 18.3. The zero-order chi connectivity index (χ0) is 19.8. The van der Waals surface area contributed by atoms with Crippen molar-refractivity contribution in [2.75, 3.05) is 36.0 Å². The second-order valence-electron chi connectivity index (χ2n) is 7.06. The maximum atomic E-state index is 6.14. The van der Waals surface area contributed by atoms with E-state index in [0.29, 0.717) is 21.9 Å². The maximum Gasteiger partial charge on any atom is 0.324 e. The van der Waals surface area contributed by atoms with Crippen molar-refractivity contribution in [1.29, 1.82) is 0 Å². The van der Waals surface area contributed by atoms with Gasteiger partial charge >= 0.3 is 6.01 Å². The highest BCUT2D eigenvalue weighted by molar-refractivity contribution is 6.35. The van der Waals surface area contributed by atoms with Gasteiger partial charge in [-0.15, -0.1) is 0 Å². The van der Waals surface area contributed by atoms with Crippen molar-refractivity contribution in [3.8, 4) is 11.4 Å². The Kier molecular flexibility index (Phi) is 4.78. The van der Waals surface area contributed by atoms with Gasteiger partial charge in [-0.25, -0.2) is 0 Å². The summed E-state index contributed by atoms with van der Waals surface area (Å²) in [5.74, 6) is 0.606. The van der Waals surface area contributed by atoms with Crippen LogP contribution in [0.15, 0.2) is 65.2 Å². The minimum absolute atomic E-state index is 0.553. The molecule has 1 aliphatic rings. The number of nitrogens with zero attached hydrogens (tertiary/aromatic N) is 4. The van der Waals surface area contributed by atoms with E-state index < -0.39 is 0 Å². The number of hydrogen-bond acceptors (Lipinski definition) is 5. The molecule has 1 fully saturated rings. The van der Waals surface area contributed by atoms with E-state index in [1.807, 2.05) is 30.3 Å². The van der Waals surface area contributed by atoms with Gasteiger partial charge in [0.1, 0.15) is 0 Å². The Morgan fingerprint density at radius 1 is 0.759 bits per heavy atom. The summed E-state index contributed by atoms with van der Waals surface area (Å²) in [7, 11) is 0. The first-order valence-electron chi connectivity index (χ1n) is 9.45. The predicted molar refractivity (Wildman–Crippen MR) is 118 cm³/mol. The molecule has 0 atom stereocenters. The zero-order valence-electron chi connectivity index (χ0n) is 15.6. The van der Waals surface area contributed by atoms with Gasteiger partial charge in [0, 0.05) is 47.5 Å². The summed E-state index contributed by atoms with van der Waals surface area (Å²) < 4.78 is 5.55. The van der Waals surface area contributed by atoms with Crippen molar-refractivity contribution in [1.82, 2.24) is 10.1 Å². The third-order valence-electron chi connectivity index (χ3n) is 5.19. The van der Waals surface area contributed by atoms with Crippen LogP contribution in [0.2, 0.25) is 10.0 Å². The number of halogens is 2. The van der Waals surface area contributed by atoms with Crippen molar-refractivity contribution in [2.45, 2.75) is 0 Å². The van der Waals surface area contributed by atoms with Gasteiger partial charge in [0.25, 0.3) is 0 Å². The Hall–Kier alpha value is -2.76. The van der Waals surface area contributed by atoms with Gasteiger partial charge in [0.15, 0.2) is 0 Å². The van der Waals surface area contributed by atoms with E-state index in [2.05, 4.69) is 44.2 Å². The predicted octanol–water partition coefficient (Wildman–Crippen LogP) is 5.52. The van der Waals surface area contributed by atoms with Gasteiger partial charge in [-0.2, -0.15) is 4.98 Å². The molecule has 2 heterocycles. The minimum atomic E-state index is 0.553. The van der Waals surface area contributed by atoms with Crippen molar-refractivity contribution in [2.24, 2.45) is 0 Å². The lowest BCUT2D eigenvalue weighted by atomic mass is 10.1. The summed E-state index contributed by atoms with van der Waals surface area (Å²) in [5, 5.41) is 7.83. The first-order valence-corrected chi connectivity index (χ1v) is 10.2. The largest absolute Gasteiger partial charge is 0.368 e. The average molecular weight is 425 g/mol. The Bertz CT molecular complexity index is 1150. The molecule has 3 aromatic carbocycles. The van der Waals surface area contributed by atoms with Gasteiger partial charge in [0.2, 0.25) is 5.82 Å². The summed E-state index contributed by atoms with van der Waals surface area (Å²) in [6.45, 7) is 3.21. The van der Waals surface area contributed by atoms with Crippen LogP contribution in [0.4, 0.5) is 11.7 Å². The highest BCUT2D eigenvalue weighted by Crippen LogP contribution is 2.28. The summed E-state index contributed by atoms with van der Waals surface area (Å²) >= 11 is 12.3. The first-order chi connectivity index (χ1) is 14.2. The number of aromatic nitrogens is 2. The van der Waals surface area contributed by atoms with E-state index in [0.717, 1.165) is 42.8 Å². The average Bonchev–Trinajstić information content (AvgIpc) is 3.23. The Morgan fingerprint density at radius 3 is 2.21 bits per heavy atom. The van der Waals surface area contributed by atoms with Gasteiger partial charge < -0.3 is 14.3 Å². The van der Waals surface area contributed by atoms with Crippen LogP contribution in [0.1, 0.15) is 0 Å². The molecule has 146 valence electrons. The Balaban J connectivity index is 1.31. The van der Waals surface area contributed by atoms with Crippen LogP contribution in [0.25, 0.3) is 22.2 Å². The Labute approximate surface area is 178 Å². The van der Waals surface area contributed by atoms with Crippen molar-refractivity contribution >= 4 is 45.7 Å². The molecular formula is C22H18Cl2N4O. The molecule has 4 aromatic rings. The van der Waals surface area contributed by atoms with Crippen molar-refractivity contribution in [3.05, 3.63) is 70.7 Å². The standard InChI is InChI=1S/C22H18Cl2N4O/c23-18-12-19(24)14-20(13-18)27-7-9-28(10-8-27)22-25-21(26-29-22)17-6-5-15-3-1-2-4-16(15)11-17/h1-6,11-14H,7-10H2. The van der Waals surface area contributed by atoms with Crippen LogP contribution in [-0.4, -0.2) is 36.3 Å². The van der Waals surface area contributed by atoms with E-state index >= 15 is 0 Å².